The first-order chi connectivity index (χ1) is 14.2. The Bertz CT molecular complexity index is 961. The second-order valence-electron chi connectivity index (χ2n) is 6.67. The fourth-order valence-corrected chi connectivity index (χ4v) is 3.78. The summed E-state index contributed by atoms with van der Waals surface area (Å²) in [5, 5.41) is 10.3. The van der Waals surface area contributed by atoms with E-state index in [4.69, 9.17) is 22.1 Å². The summed E-state index contributed by atoms with van der Waals surface area (Å²) in [6.07, 6.45) is 0. The minimum atomic E-state index is -2.93. The molecular weight excluding hydrogens is 528 g/mol. The maximum atomic E-state index is 12.8. The number of alkyl halides is 2. The minimum absolute atomic E-state index is 0.0198. The largest absolute Gasteiger partial charge is 0.457 e. The van der Waals surface area contributed by atoms with Gasteiger partial charge < -0.3 is 15.2 Å². The molecule has 1 unspecified atom stereocenters. The number of hydrogen-bond acceptors (Lipinski definition) is 6. The number of nitrogens with zero attached hydrogens (tertiary/aromatic N) is 1. The van der Waals surface area contributed by atoms with Gasteiger partial charge in [-0.3, -0.25) is 10.1 Å². The third-order valence-electron chi connectivity index (χ3n) is 3.12. The monoisotopic (exact) mass is 544 g/mol. The van der Waals surface area contributed by atoms with Crippen LogP contribution in [0.25, 0.3) is 0 Å². The highest BCUT2D eigenvalue weighted by Gasteiger charge is 2.21. The van der Waals surface area contributed by atoms with Crippen LogP contribution in [-0.2, 0) is 4.74 Å². The lowest BCUT2D eigenvalue weighted by molar-refractivity contribution is -0.384. The first-order valence-corrected chi connectivity index (χ1v) is 10.5. The summed E-state index contributed by atoms with van der Waals surface area (Å²) in [6.45, 7) is 2.29. The van der Waals surface area contributed by atoms with Crippen molar-refractivity contribution in [2.45, 2.75) is 33.0 Å². The van der Waals surface area contributed by atoms with Gasteiger partial charge in [-0.25, -0.2) is 9.18 Å². The number of carbonyl (C=O) groups is 1. The molecule has 0 bridgehead atoms. The average molecular weight is 546 g/mol. The molecule has 0 spiro atoms. The van der Waals surface area contributed by atoms with E-state index in [1.54, 1.807) is 32.9 Å². The Morgan fingerprint density at radius 1 is 1.29 bits per heavy atom. The number of carbonyl (C=O) groups excluding carboxylic acids is 1. The van der Waals surface area contributed by atoms with E-state index < -0.39 is 48.6 Å². The molecule has 170 valence electrons. The van der Waals surface area contributed by atoms with Crippen molar-refractivity contribution in [3.05, 3.63) is 55.8 Å². The van der Waals surface area contributed by atoms with Crippen molar-refractivity contribution in [1.29, 1.82) is 0 Å². The van der Waals surface area contributed by atoms with Gasteiger partial charge >= 0.3 is 12.3 Å². The van der Waals surface area contributed by atoms with Gasteiger partial charge in [0.2, 0.25) is 0 Å². The Hall–Kier alpha value is -2.10. The van der Waals surface area contributed by atoms with E-state index in [9.17, 15) is 28.1 Å². The van der Waals surface area contributed by atoms with Crippen LogP contribution in [-0.4, -0.2) is 22.8 Å². The number of ether oxygens (including phenoxy) is 2. The molecule has 0 radical (unpaired) electrons. The van der Waals surface area contributed by atoms with E-state index in [1.165, 1.54) is 6.07 Å². The highest BCUT2D eigenvalue weighted by Crippen LogP contribution is 2.30. The molecule has 0 aromatic heterocycles. The normalized spacial score (nSPS) is 11.3. The summed E-state index contributed by atoms with van der Waals surface area (Å²) in [6, 6.07) is 6.76. The van der Waals surface area contributed by atoms with E-state index in [0.717, 1.165) is 12.1 Å². The Kier molecular flexibility index (Phi) is 9.99. The fourth-order valence-electron chi connectivity index (χ4n) is 1.94. The molecule has 1 atom stereocenters. The zero-order valence-corrected chi connectivity index (χ0v) is 19.8. The average Bonchev–Trinajstić information content (AvgIpc) is 2.61. The molecule has 0 saturated heterocycles. The first-order valence-electron chi connectivity index (χ1n) is 8.34. The van der Waals surface area contributed by atoms with Gasteiger partial charge in [-0.1, -0.05) is 17.7 Å². The van der Waals surface area contributed by atoms with Crippen LogP contribution in [0.5, 0.6) is 5.75 Å². The Balaban J connectivity index is 0.000000343. The zero-order chi connectivity index (χ0) is 23.9. The smallest absolute Gasteiger partial charge is 0.387 e. The van der Waals surface area contributed by atoms with Gasteiger partial charge in [-0.05, 0) is 54.9 Å². The lowest BCUT2D eigenvalue weighted by Crippen LogP contribution is -2.22. The molecule has 0 aliphatic carbocycles. The lowest BCUT2D eigenvalue weighted by atomic mass is 10.2. The van der Waals surface area contributed by atoms with Crippen LogP contribution in [0.3, 0.4) is 0 Å². The standard InChI is InChI=1S/C12H14BrF2O3P.C6H4ClFN2O2/c1-12(2,3)18-11(16)19-9-7(13)5-4-6-8(9)17-10(14)15;7-3-1-2-4(10(11)12)6(9)5(3)8/h4-6,10,19H,1-3H3;1-2H,9H2. The molecule has 13 heteroatoms. The van der Waals surface area contributed by atoms with Gasteiger partial charge in [-0.15, -0.1) is 0 Å². The number of halogens is 5. The molecule has 2 N–H and O–H groups in total. The number of hydrogen-bond donors (Lipinski definition) is 1. The predicted molar refractivity (Wildman–Crippen MR) is 117 cm³/mol. The Labute approximate surface area is 191 Å². The highest BCUT2D eigenvalue weighted by molar-refractivity contribution is 9.10. The van der Waals surface area contributed by atoms with Crippen molar-refractivity contribution >= 4 is 58.5 Å². The quantitative estimate of drug-likeness (QED) is 0.206. The summed E-state index contributed by atoms with van der Waals surface area (Å²) in [4.78, 5) is 21.2. The van der Waals surface area contributed by atoms with Crippen molar-refractivity contribution in [3.8, 4) is 5.75 Å². The molecule has 2 aromatic carbocycles. The third-order valence-corrected chi connectivity index (χ3v) is 5.51. The van der Waals surface area contributed by atoms with Gasteiger partial charge in [0.25, 0.3) is 5.69 Å². The van der Waals surface area contributed by atoms with E-state index in [-0.39, 0.29) is 10.8 Å². The Morgan fingerprint density at radius 2 is 1.90 bits per heavy atom. The first kappa shape index (κ1) is 26.9. The Morgan fingerprint density at radius 3 is 2.42 bits per heavy atom. The van der Waals surface area contributed by atoms with Crippen molar-refractivity contribution in [1.82, 2.24) is 0 Å². The zero-order valence-electron chi connectivity index (χ0n) is 16.4. The molecular formula is C18H18BrClF3N2O5P. The van der Waals surface area contributed by atoms with Gasteiger partial charge in [0.05, 0.1) is 9.95 Å². The van der Waals surface area contributed by atoms with Crippen molar-refractivity contribution in [3.63, 3.8) is 0 Å². The molecule has 0 aliphatic heterocycles. The van der Waals surface area contributed by atoms with Crippen LogP contribution in [0.1, 0.15) is 20.8 Å². The van der Waals surface area contributed by atoms with Gasteiger partial charge in [0.15, 0.2) is 5.82 Å². The molecule has 7 nitrogen and oxygen atoms in total. The van der Waals surface area contributed by atoms with Crippen LogP contribution in [0, 0.1) is 15.9 Å². The molecule has 0 fully saturated rings. The van der Waals surface area contributed by atoms with Gasteiger partial charge in [-0.2, -0.15) is 8.78 Å². The van der Waals surface area contributed by atoms with E-state index in [0.29, 0.717) is 9.78 Å². The molecule has 2 rings (SSSR count). The summed E-state index contributed by atoms with van der Waals surface area (Å²) >= 11 is 8.53. The van der Waals surface area contributed by atoms with Gasteiger partial charge in [0, 0.05) is 24.4 Å². The van der Waals surface area contributed by atoms with Crippen LogP contribution in [0.15, 0.2) is 34.8 Å². The van der Waals surface area contributed by atoms with Crippen molar-refractivity contribution < 1.29 is 32.4 Å². The molecule has 0 heterocycles. The maximum Gasteiger partial charge on any atom is 0.387 e. The molecule has 0 saturated carbocycles. The van der Waals surface area contributed by atoms with Crippen LogP contribution >= 0.6 is 36.1 Å². The minimum Gasteiger partial charge on any atom is -0.457 e. The van der Waals surface area contributed by atoms with Crippen LogP contribution in [0.4, 0.5) is 29.3 Å². The van der Waals surface area contributed by atoms with Gasteiger partial charge in [0.1, 0.15) is 17.0 Å². The summed E-state index contributed by atoms with van der Waals surface area (Å²) in [5.74, 6) is -0.973. The van der Waals surface area contributed by atoms with Crippen molar-refractivity contribution in [2.24, 2.45) is 0 Å². The van der Waals surface area contributed by atoms with Crippen LogP contribution < -0.4 is 15.8 Å². The summed E-state index contributed by atoms with van der Waals surface area (Å²) in [7, 11) is -0.417. The van der Waals surface area contributed by atoms with Crippen molar-refractivity contribution in [2.75, 3.05) is 5.73 Å². The number of nitro groups is 1. The lowest BCUT2D eigenvalue weighted by Gasteiger charge is -2.20. The van der Waals surface area contributed by atoms with E-state index in [1.807, 2.05) is 0 Å². The number of nitrogen functional groups attached to an aromatic ring is 1. The highest BCUT2D eigenvalue weighted by atomic mass is 79.9. The molecule has 0 aliphatic rings. The second kappa shape index (κ2) is 11.5. The summed E-state index contributed by atoms with van der Waals surface area (Å²) in [5.41, 5.74) is 2.98. The topological polar surface area (TPSA) is 105 Å². The second-order valence-corrected chi connectivity index (χ2v) is 9.09. The van der Waals surface area contributed by atoms with Crippen LogP contribution in [0.2, 0.25) is 5.02 Å². The predicted octanol–water partition coefficient (Wildman–Crippen LogP) is 6.26. The number of anilines is 1. The molecule has 2 aromatic rings. The van der Waals surface area contributed by atoms with E-state index in [2.05, 4.69) is 20.7 Å². The number of nitrogens with two attached hydrogens (primary N) is 1. The summed E-state index contributed by atoms with van der Waals surface area (Å²) < 4.78 is 47.5. The number of nitro benzene ring substituents is 1. The molecule has 0 amide bonds. The fraction of sp³-hybridized carbons (Fsp3) is 0.278. The van der Waals surface area contributed by atoms with E-state index >= 15 is 0 Å². The molecule has 31 heavy (non-hydrogen) atoms. The number of benzene rings is 2. The SMILES string of the molecule is CC(C)(C)OC(=O)Pc1c(Br)cccc1OC(F)F.Nc1c([N+](=O)[O-])ccc(Cl)c1F. The third kappa shape index (κ3) is 8.88. The number of rotatable bonds is 5. The maximum absolute atomic E-state index is 12.8.